The van der Waals surface area contributed by atoms with Gasteiger partial charge in [-0.1, -0.05) is 31.9 Å². The Hall–Kier alpha value is -3.68. The first-order valence-electron chi connectivity index (χ1n) is 14.2. The van der Waals surface area contributed by atoms with Crippen LogP contribution in [0.15, 0.2) is 42.5 Å². The third-order valence-electron chi connectivity index (χ3n) is 8.10. The molecular formula is C31H37N3O5. The van der Waals surface area contributed by atoms with Crippen molar-refractivity contribution in [1.29, 1.82) is 0 Å². The number of rotatable bonds is 9. The van der Waals surface area contributed by atoms with E-state index in [-0.39, 0.29) is 30.2 Å². The highest BCUT2D eigenvalue weighted by atomic mass is 16.5. The third kappa shape index (κ3) is 6.00. The average Bonchev–Trinajstić information content (AvgIpc) is 3.27. The molecule has 39 heavy (non-hydrogen) atoms. The van der Waals surface area contributed by atoms with Gasteiger partial charge in [0.2, 0.25) is 11.8 Å². The first-order chi connectivity index (χ1) is 18.9. The minimum Gasteiger partial charge on any atom is -0.491 e. The number of amides is 4. The van der Waals surface area contributed by atoms with Crippen LogP contribution in [-0.4, -0.2) is 58.7 Å². The number of imide groups is 1. The van der Waals surface area contributed by atoms with E-state index in [2.05, 4.69) is 24.4 Å². The van der Waals surface area contributed by atoms with Crippen molar-refractivity contribution < 1.29 is 23.9 Å². The summed E-state index contributed by atoms with van der Waals surface area (Å²) in [5.41, 5.74) is 3.34. The largest absolute Gasteiger partial charge is 0.491 e. The molecule has 0 aromatic heterocycles. The van der Waals surface area contributed by atoms with Crippen LogP contribution in [0.5, 0.6) is 5.75 Å². The van der Waals surface area contributed by atoms with E-state index >= 15 is 0 Å². The number of piperidine rings is 2. The number of nitrogens with zero attached hydrogens (tertiary/aromatic N) is 2. The standard InChI is InChI=1S/C31H37N3O5/c1-2-3-4-7-21-9-11-22(12-10-21)30(37)33-17-6-5-8-24(33)20-39-25-13-14-26-23(18-25)19-34(31(26)38)27-15-16-28(35)32-29(27)36/h9-14,18,24,27H,2-8,15-17,19-20H2,1H3,(H,32,35,36)/t24-,27?/m1/s1. The number of nitrogens with one attached hydrogen (secondary N) is 1. The Morgan fingerprint density at radius 1 is 1.03 bits per heavy atom. The second kappa shape index (κ2) is 12.0. The molecule has 2 atom stereocenters. The zero-order valence-electron chi connectivity index (χ0n) is 22.6. The summed E-state index contributed by atoms with van der Waals surface area (Å²) in [5.74, 6) is -0.238. The summed E-state index contributed by atoms with van der Waals surface area (Å²) in [6.07, 6.45) is 8.09. The first-order valence-corrected chi connectivity index (χ1v) is 14.2. The molecule has 1 unspecified atom stereocenters. The Bertz CT molecular complexity index is 1240. The number of fused-ring (bicyclic) bond motifs is 1. The fourth-order valence-corrected chi connectivity index (χ4v) is 5.83. The minimum atomic E-state index is -0.640. The summed E-state index contributed by atoms with van der Waals surface area (Å²) >= 11 is 0. The van der Waals surface area contributed by atoms with Crippen molar-refractivity contribution >= 4 is 23.6 Å². The van der Waals surface area contributed by atoms with E-state index in [1.807, 2.05) is 23.1 Å². The lowest BCUT2D eigenvalue weighted by Crippen LogP contribution is -2.52. The van der Waals surface area contributed by atoms with Crippen molar-refractivity contribution in [3.8, 4) is 5.75 Å². The quantitative estimate of drug-likeness (QED) is 0.386. The van der Waals surface area contributed by atoms with Crippen molar-refractivity contribution in [2.45, 2.75) is 83.3 Å². The monoisotopic (exact) mass is 531 g/mol. The number of hydrogen-bond donors (Lipinski definition) is 1. The maximum atomic E-state index is 13.4. The van der Waals surface area contributed by atoms with Crippen molar-refractivity contribution in [3.63, 3.8) is 0 Å². The Balaban J connectivity index is 1.20. The van der Waals surface area contributed by atoms with E-state index in [1.165, 1.54) is 29.7 Å². The third-order valence-corrected chi connectivity index (χ3v) is 8.10. The van der Waals surface area contributed by atoms with E-state index in [0.717, 1.165) is 31.2 Å². The number of hydrogen-bond acceptors (Lipinski definition) is 5. The van der Waals surface area contributed by atoms with E-state index < -0.39 is 11.9 Å². The maximum absolute atomic E-state index is 13.4. The van der Waals surface area contributed by atoms with Crippen LogP contribution in [0.25, 0.3) is 0 Å². The van der Waals surface area contributed by atoms with Gasteiger partial charge < -0.3 is 14.5 Å². The van der Waals surface area contributed by atoms with E-state index in [0.29, 0.717) is 43.0 Å². The predicted molar refractivity (Wildman–Crippen MR) is 146 cm³/mol. The number of aryl methyl sites for hydroxylation is 1. The van der Waals surface area contributed by atoms with E-state index in [4.69, 9.17) is 4.74 Å². The highest BCUT2D eigenvalue weighted by molar-refractivity contribution is 6.05. The normalized spacial score (nSPS) is 21.1. The smallest absolute Gasteiger partial charge is 0.255 e. The first kappa shape index (κ1) is 26.9. The van der Waals surface area contributed by atoms with Crippen LogP contribution in [0, 0.1) is 0 Å². The molecule has 4 amide bonds. The highest BCUT2D eigenvalue weighted by Crippen LogP contribution is 2.31. The summed E-state index contributed by atoms with van der Waals surface area (Å²) in [6.45, 7) is 3.60. The van der Waals surface area contributed by atoms with Gasteiger partial charge in [-0.3, -0.25) is 24.5 Å². The maximum Gasteiger partial charge on any atom is 0.255 e. The lowest BCUT2D eigenvalue weighted by Gasteiger charge is -2.35. The van der Waals surface area contributed by atoms with Crippen molar-refractivity contribution in [2.75, 3.05) is 13.2 Å². The second-order valence-electron chi connectivity index (χ2n) is 10.8. The molecule has 2 fully saturated rings. The fourth-order valence-electron chi connectivity index (χ4n) is 5.83. The average molecular weight is 532 g/mol. The summed E-state index contributed by atoms with van der Waals surface area (Å²) in [6, 6.07) is 12.7. The molecule has 0 radical (unpaired) electrons. The molecular weight excluding hydrogens is 494 g/mol. The van der Waals surface area contributed by atoms with Crippen molar-refractivity contribution in [1.82, 2.24) is 15.1 Å². The van der Waals surface area contributed by atoms with E-state index in [1.54, 1.807) is 12.1 Å². The van der Waals surface area contributed by atoms with Gasteiger partial charge in [-0.05, 0) is 80.0 Å². The Morgan fingerprint density at radius 3 is 2.62 bits per heavy atom. The Morgan fingerprint density at radius 2 is 1.85 bits per heavy atom. The van der Waals surface area contributed by atoms with Crippen molar-refractivity contribution in [2.24, 2.45) is 0 Å². The number of carbonyl (C=O) groups excluding carboxylic acids is 4. The molecule has 0 spiro atoms. The van der Waals surface area contributed by atoms with Crippen LogP contribution in [0.2, 0.25) is 0 Å². The summed E-state index contributed by atoms with van der Waals surface area (Å²) < 4.78 is 6.16. The van der Waals surface area contributed by atoms with Crippen LogP contribution >= 0.6 is 0 Å². The Labute approximate surface area is 229 Å². The topological polar surface area (TPSA) is 96.0 Å². The van der Waals surface area contributed by atoms with Gasteiger partial charge in [0.1, 0.15) is 18.4 Å². The molecule has 206 valence electrons. The van der Waals surface area contributed by atoms with Gasteiger partial charge in [-0.2, -0.15) is 0 Å². The van der Waals surface area contributed by atoms with Crippen LogP contribution in [0.1, 0.15) is 90.1 Å². The molecule has 3 heterocycles. The lowest BCUT2D eigenvalue weighted by atomic mass is 10.00. The van der Waals surface area contributed by atoms with Gasteiger partial charge in [-0.25, -0.2) is 0 Å². The fraction of sp³-hybridized carbons (Fsp3) is 0.484. The van der Waals surface area contributed by atoms with Gasteiger partial charge in [0, 0.05) is 30.6 Å². The molecule has 2 aromatic carbocycles. The summed E-state index contributed by atoms with van der Waals surface area (Å²) in [7, 11) is 0. The number of ether oxygens (including phenoxy) is 1. The van der Waals surface area contributed by atoms with Gasteiger partial charge in [0.15, 0.2) is 0 Å². The molecule has 3 aliphatic heterocycles. The number of unbranched alkanes of at least 4 members (excludes halogenated alkanes) is 2. The van der Waals surface area contributed by atoms with Gasteiger partial charge in [0.05, 0.1) is 6.04 Å². The van der Waals surface area contributed by atoms with Crippen LogP contribution < -0.4 is 10.1 Å². The molecule has 2 aromatic rings. The molecule has 3 aliphatic rings. The van der Waals surface area contributed by atoms with Gasteiger partial charge in [-0.15, -0.1) is 0 Å². The van der Waals surface area contributed by atoms with Crippen molar-refractivity contribution in [3.05, 3.63) is 64.7 Å². The summed E-state index contributed by atoms with van der Waals surface area (Å²) in [4.78, 5) is 53.6. The Kier molecular flexibility index (Phi) is 8.29. The lowest BCUT2D eigenvalue weighted by molar-refractivity contribution is -0.136. The highest BCUT2D eigenvalue weighted by Gasteiger charge is 2.39. The minimum absolute atomic E-state index is 0.0228. The number of carbonyl (C=O) groups is 4. The van der Waals surface area contributed by atoms with Crippen LogP contribution in [-0.2, 0) is 22.6 Å². The van der Waals surface area contributed by atoms with Crippen LogP contribution in [0.4, 0.5) is 0 Å². The molecule has 8 nitrogen and oxygen atoms in total. The number of benzene rings is 2. The zero-order valence-corrected chi connectivity index (χ0v) is 22.6. The number of likely N-dealkylation sites (tertiary alicyclic amines) is 1. The van der Waals surface area contributed by atoms with Gasteiger partial charge in [0.25, 0.3) is 11.8 Å². The van der Waals surface area contributed by atoms with Crippen LogP contribution in [0.3, 0.4) is 0 Å². The predicted octanol–water partition coefficient (Wildman–Crippen LogP) is 4.25. The molecule has 2 saturated heterocycles. The SMILES string of the molecule is CCCCCc1ccc(C(=O)N2CCCC[C@@H]2COc2ccc3c(c2)CN(C2CCC(=O)NC2=O)C3=O)cc1. The van der Waals surface area contributed by atoms with E-state index in [9.17, 15) is 19.2 Å². The second-order valence-corrected chi connectivity index (χ2v) is 10.8. The molecule has 1 N–H and O–H groups in total. The zero-order chi connectivity index (χ0) is 27.4. The molecule has 5 rings (SSSR count). The summed E-state index contributed by atoms with van der Waals surface area (Å²) in [5, 5.41) is 2.33. The molecule has 0 aliphatic carbocycles. The van der Waals surface area contributed by atoms with Gasteiger partial charge >= 0.3 is 0 Å². The molecule has 8 heteroatoms. The molecule has 0 bridgehead atoms. The molecule has 0 saturated carbocycles.